The molecule has 2 heterocycles. The molecule has 28 heavy (non-hydrogen) atoms. The Morgan fingerprint density at radius 2 is 1.75 bits per heavy atom. The zero-order valence-corrected chi connectivity index (χ0v) is 16.4. The Bertz CT molecular complexity index is 1250. The van der Waals surface area contributed by atoms with Gasteiger partial charge in [-0.2, -0.15) is 0 Å². The summed E-state index contributed by atoms with van der Waals surface area (Å²) in [7, 11) is -3.23. The zero-order valence-electron chi connectivity index (χ0n) is 15.6. The van der Waals surface area contributed by atoms with E-state index in [2.05, 4.69) is 33.3 Å². The van der Waals surface area contributed by atoms with Crippen LogP contribution in [0.2, 0.25) is 0 Å². The highest BCUT2D eigenvalue weighted by Gasteiger charge is 2.12. The van der Waals surface area contributed by atoms with Crippen molar-refractivity contribution in [3.63, 3.8) is 0 Å². The minimum atomic E-state index is -3.23. The fourth-order valence-corrected chi connectivity index (χ4v) is 3.74. The van der Waals surface area contributed by atoms with E-state index in [1.165, 1.54) is 11.8 Å². The molecule has 0 aliphatic carbocycles. The number of nitrogens with one attached hydrogen (secondary N) is 2. The first-order valence-corrected chi connectivity index (χ1v) is 10.8. The minimum Gasteiger partial charge on any atom is -0.353 e. The number of hydrogen-bond donors (Lipinski definition) is 2. The summed E-state index contributed by atoms with van der Waals surface area (Å²) < 4.78 is 23.3. The van der Waals surface area contributed by atoms with Crippen molar-refractivity contribution >= 4 is 32.4 Å². The number of sulfone groups is 1. The number of benzene rings is 2. The molecular formula is C21H20N4O2S. The number of fused-ring (bicyclic) bond motifs is 1. The molecule has 0 unspecified atom stereocenters. The van der Waals surface area contributed by atoms with Gasteiger partial charge in [-0.15, -0.1) is 0 Å². The first-order chi connectivity index (χ1) is 13.5. The standard InChI is InChI=1S/C21H20N4O2S/c1-3-14-6-4-5-7-17(14)23-18-12-13-22-21-19(18)24-20(25-21)15-8-10-16(11-9-15)28(2,26)27/h4-13H,3H2,1-2H3,(H2,22,23,24,25). The van der Waals surface area contributed by atoms with Crippen molar-refractivity contribution in [2.24, 2.45) is 0 Å². The normalized spacial score (nSPS) is 11.6. The third-order valence-corrected chi connectivity index (χ3v) is 5.74. The van der Waals surface area contributed by atoms with Crippen LogP contribution in [0.5, 0.6) is 0 Å². The van der Waals surface area contributed by atoms with Crippen molar-refractivity contribution in [1.29, 1.82) is 0 Å². The van der Waals surface area contributed by atoms with E-state index < -0.39 is 9.84 Å². The largest absolute Gasteiger partial charge is 0.353 e. The van der Waals surface area contributed by atoms with Gasteiger partial charge in [0.2, 0.25) is 0 Å². The number of aromatic amines is 1. The number of hydrogen-bond acceptors (Lipinski definition) is 5. The lowest BCUT2D eigenvalue weighted by molar-refractivity contribution is 0.602. The quantitative estimate of drug-likeness (QED) is 0.528. The van der Waals surface area contributed by atoms with E-state index in [9.17, 15) is 8.42 Å². The van der Waals surface area contributed by atoms with Crippen molar-refractivity contribution in [3.8, 4) is 11.4 Å². The Morgan fingerprint density at radius 1 is 1.00 bits per heavy atom. The molecule has 142 valence electrons. The Morgan fingerprint density at radius 3 is 2.46 bits per heavy atom. The molecule has 0 saturated heterocycles. The number of imidazole rings is 1. The van der Waals surface area contributed by atoms with Crippen LogP contribution in [-0.4, -0.2) is 29.6 Å². The summed E-state index contributed by atoms with van der Waals surface area (Å²) in [5.74, 6) is 0.639. The number of anilines is 2. The first-order valence-electron chi connectivity index (χ1n) is 8.96. The first kappa shape index (κ1) is 18.2. The lowest BCUT2D eigenvalue weighted by Gasteiger charge is -2.11. The average molecular weight is 392 g/mol. The van der Waals surface area contributed by atoms with Gasteiger partial charge in [-0.25, -0.2) is 18.4 Å². The van der Waals surface area contributed by atoms with Gasteiger partial charge in [-0.1, -0.05) is 25.1 Å². The predicted octanol–water partition coefficient (Wildman–Crippen LogP) is 4.33. The van der Waals surface area contributed by atoms with Crippen LogP contribution >= 0.6 is 0 Å². The molecule has 0 radical (unpaired) electrons. The van der Waals surface area contributed by atoms with Crippen LogP contribution in [0.15, 0.2) is 65.7 Å². The zero-order chi connectivity index (χ0) is 19.7. The molecule has 4 rings (SSSR count). The van der Waals surface area contributed by atoms with E-state index in [1.54, 1.807) is 30.5 Å². The van der Waals surface area contributed by atoms with Gasteiger partial charge in [-0.05, 0) is 48.4 Å². The summed E-state index contributed by atoms with van der Waals surface area (Å²) >= 11 is 0. The van der Waals surface area contributed by atoms with Crippen molar-refractivity contribution in [2.75, 3.05) is 11.6 Å². The Kier molecular flexibility index (Phi) is 4.60. The molecule has 0 amide bonds. The van der Waals surface area contributed by atoms with Gasteiger partial charge in [0, 0.05) is 23.7 Å². The van der Waals surface area contributed by atoms with Crippen LogP contribution in [-0.2, 0) is 16.3 Å². The molecule has 0 aliphatic heterocycles. The second kappa shape index (κ2) is 7.09. The average Bonchev–Trinajstić information content (AvgIpc) is 3.13. The van der Waals surface area contributed by atoms with Crippen LogP contribution in [0, 0.1) is 0 Å². The molecule has 4 aromatic rings. The number of aryl methyl sites for hydroxylation is 1. The van der Waals surface area contributed by atoms with E-state index in [-0.39, 0.29) is 4.90 Å². The molecule has 0 bridgehead atoms. The van der Waals surface area contributed by atoms with Crippen LogP contribution < -0.4 is 5.32 Å². The highest BCUT2D eigenvalue weighted by molar-refractivity contribution is 7.90. The number of aromatic nitrogens is 3. The maximum atomic E-state index is 11.7. The van der Waals surface area contributed by atoms with Crippen LogP contribution in [0.3, 0.4) is 0 Å². The fraction of sp³-hybridized carbons (Fsp3) is 0.143. The molecule has 7 heteroatoms. The summed E-state index contributed by atoms with van der Waals surface area (Å²) in [4.78, 5) is 12.5. The van der Waals surface area contributed by atoms with Gasteiger partial charge in [0.05, 0.1) is 10.6 Å². The van der Waals surface area contributed by atoms with Crippen molar-refractivity contribution in [3.05, 3.63) is 66.4 Å². The molecular weight excluding hydrogens is 372 g/mol. The molecule has 2 aromatic carbocycles. The molecule has 0 aliphatic rings. The lowest BCUT2D eigenvalue weighted by Crippen LogP contribution is -1.96. The summed E-state index contributed by atoms with van der Waals surface area (Å²) in [6.45, 7) is 2.12. The van der Waals surface area contributed by atoms with E-state index in [1.807, 2.05) is 24.3 Å². The maximum Gasteiger partial charge on any atom is 0.180 e. The Balaban J connectivity index is 1.73. The highest BCUT2D eigenvalue weighted by Crippen LogP contribution is 2.28. The third-order valence-electron chi connectivity index (χ3n) is 4.62. The van der Waals surface area contributed by atoms with E-state index in [0.717, 1.165) is 28.9 Å². The molecule has 0 spiro atoms. The van der Waals surface area contributed by atoms with Gasteiger partial charge in [-0.3, -0.25) is 0 Å². The Labute approximate surface area is 163 Å². The van der Waals surface area contributed by atoms with Gasteiger partial charge >= 0.3 is 0 Å². The van der Waals surface area contributed by atoms with Crippen LogP contribution in [0.25, 0.3) is 22.6 Å². The van der Waals surface area contributed by atoms with E-state index in [0.29, 0.717) is 11.5 Å². The topological polar surface area (TPSA) is 87.7 Å². The molecule has 2 aromatic heterocycles. The lowest BCUT2D eigenvalue weighted by atomic mass is 10.1. The third kappa shape index (κ3) is 3.48. The van der Waals surface area contributed by atoms with E-state index >= 15 is 0 Å². The Hall–Kier alpha value is -3.19. The summed E-state index contributed by atoms with van der Waals surface area (Å²) in [6.07, 6.45) is 3.84. The van der Waals surface area contributed by atoms with Crippen LogP contribution in [0.4, 0.5) is 11.4 Å². The maximum absolute atomic E-state index is 11.7. The van der Waals surface area contributed by atoms with Crippen molar-refractivity contribution < 1.29 is 8.42 Å². The summed E-state index contributed by atoms with van der Waals surface area (Å²) in [5.41, 5.74) is 5.36. The number of para-hydroxylation sites is 1. The summed E-state index contributed by atoms with van der Waals surface area (Å²) in [6, 6.07) is 16.7. The predicted molar refractivity (Wildman–Crippen MR) is 112 cm³/mol. The SMILES string of the molecule is CCc1ccccc1Nc1ccnc2nc(-c3ccc(S(C)(=O)=O)cc3)[nH]c12. The molecule has 0 atom stereocenters. The number of rotatable bonds is 5. The van der Waals surface area contributed by atoms with Gasteiger partial charge in [0.25, 0.3) is 0 Å². The van der Waals surface area contributed by atoms with Gasteiger partial charge < -0.3 is 10.3 Å². The molecule has 0 saturated carbocycles. The van der Waals surface area contributed by atoms with Crippen LogP contribution in [0.1, 0.15) is 12.5 Å². The summed E-state index contributed by atoms with van der Waals surface area (Å²) in [5, 5.41) is 3.47. The fourth-order valence-electron chi connectivity index (χ4n) is 3.11. The highest BCUT2D eigenvalue weighted by atomic mass is 32.2. The number of H-pyrrole nitrogens is 1. The molecule has 0 fully saturated rings. The van der Waals surface area contributed by atoms with Crippen molar-refractivity contribution in [1.82, 2.24) is 15.0 Å². The monoisotopic (exact) mass is 392 g/mol. The van der Waals surface area contributed by atoms with E-state index in [4.69, 9.17) is 0 Å². The number of pyridine rings is 1. The number of nitrogens with zero attached hydrogens (tertiary/aromatic N) is 2. The van der Waals surface area contributed by atoms with Gasteiger partial charge in [0.1, 0.15) is 11.3 Å². The van der Waals surface area contributed by atoms with Gasteiger partial charge in [0.15, 0.2) is 15.5 Å². The molecule has 2 N–H and O–H groups in total. The molecule has 6 nitrogen and oxygen atoms in total. The second-order valence-corrected chi connectivity index (χ2v) is 8.59. The van der Waals surface area contributed by atoms with Crippen molar-refractivity contribution in [2.45, 2.75) is 18.2 Å². The smallest absolute Gasteiger partial charge is 0.180 e. The second-order valence-electron chi connectivity index (χ2n) is 6.57. The minimum absolute atomic E-state index is 0.281.